The highest BCUT2D eigenvalue weighted by molar-refractivity contribution is 6.20. The Morgan fingerprint density at radius 3 is 2.71 bits per heavy atom. The summed E-state index contributed by atoms with van der Waals surface area (Å²) in [6.45, 7) is 1.66. The molecule has 2 heteroatoms. The van der Waals surface area contributed by atoms with Crippen LogP contribution < -0.4 is 0 Å². The molecule has 1 aliphatic heterocycles. The molecule has 0 radical (unpaired) electrons. The van der Waals surface area contributed by atoms with E-state index in [9.17, 15) is 0 Å². The average Bonchev–Trinajstić information content (AvgIpc) is 1.69. The smallest absolute Gasteiger partial charge is 0.0630 e. The van der Waals surface area contributed by atoms with Gasteiger partial charge in [0.15, 0.2) is 0 Å². The van der Waals surface area contributed by atoms with Crippen LogP contribution in [-0.4, -0.2) is 18.6 Å². The molecule has 1 rings (SSSR count). The molecule has 1 saturated heterocycles. The Morgan fingerprint density at radius 1 is 1.57 bits per heavy atom. The van der Waals surface area contributed by atoms with Crippen molar-refractivity contribution < 1.29 is 4.74 Å². The molecule has 0 aliphatic carbocycles. The van der Waals surface area contributed by atoms with Gasteiger partial charge in [-0.2, -0.15) is 0 Å². The molecular formula is C5H9ClO. The van der Waals surface area contributed by atoms with E-state index in [1.54, 1.807) is 0 Å². The first kappa shape index (κ1) is 5.39. The fourth-order valence-electron chi connectivity index (χ4n) is 0.701. The van der Waals surface area contributed by atoms with Gasteiger partial charge in [-0.25, -0.2) is 0 Å². The Bertz CT molecular complexity index is 50.0. The maximum atomic E-state index is 5.69. The van der Waals surface area contributed by atoms with Crippen LogP contribution in [0.2, 0.25) is 0 Å². The second-order valence-corrected chi connectivity index (χ2v) is 2.43. The SMILES string of the molecule is Cl[C@H]1CCCOC1. The van der Waals surface area contributed by atoms with Crippen molar-refractivity contribution in [2.45, 2.75) is 18.2 Å². The van der Waals surface area contributed by atoms with E-state index in [0.29, 0.717) is 0 Å². The molecular weight excluding hydrogens is 112 g/mol. The summed E-state index contributed by atoms with van der Waals surface area (Å²) >= 11 is 5.69. The lowest BCUT2D eigenvalue weighted by Gasteiger charge is -2.14. The minimum atomic E-state index is 0.286. The molecule has 1 fully saturated rings. The van der Waals surface area contributed by atoms with E-state index in [0.717, 1.165) is 26.1 Å². The molecule has 1 heterocycles. The van der Waals surface area contributed by atoms with Crippen LogP contribution in [0.3, 0.4) is 0 Å². The molecule has 0 aromatic heterocycles. The predicted molar refractivity (Wildman–Crippen MR) is 29.7 cm³/mol. The van der Waals surface area contributed by atoms with Gasteiger partial charge < -0.3 is 4.74 Å². The molecule has 1 nitrogen and oxygen atoms in total. The summed E-state index contributed by atoms with van der Waals surface area (Å²) in [6, 6.07) is 0. The standard InChI is InChI=1S/C5H9ClO/c6-5-2-1-3-7-4-5/h5H,1-4H2/t5-/m0/s1. The highest BCUT2D eigenvalue weighted by atomic mass is 35.5. The van der Waals surface area contributed by atoms with Crippen molar-refractivity contribution >= 4 is 11.6 Å². The summed E-state index contributed by atoms with van der Waals surface area (Å²) in [7, 11) is 0. The third-order valence-electron chi connectivity index (χ3n) is 1.10. The third-order valence-corrected chi connectivity index (χ3v) is 1.45. The van der Waals surface area contributed by atoms with E-state index in [2.05, 4.69) is 0 Å². The van der Waals surface area contributed by atoms with E-state index < -0.39 is 0 Å². The number of halogens is 1. The molecule has 0 N–H and O–H groups in total. The zero-order valence-electron chi connectivity index (χ0n) is 4.19. The first-order valence-corrected chi connectivity index (χ1v) is 3.05. The molecule has 0 aromatic rings. The van der Waals surface area contributed by atoms with E-state index in [1.165, 1.54) is 0 Å². The van der Waals surface area contributed by atoms with Crippen molar-refractivity contribution in [1.29, 1.82) is 0 Å². The number of hydrogen-bond acceptors (Lipinski definition) is 1. The van der Waals surface area contributed by atoms with Crippen molar-refractivity contribution in [2.24, 2.45) is 0 Å². The van der Waals surface area contributed by atoms with Crippen LogP contribution in [0.1, 0.15) is 12.8 Å². The maximum Gasteiger partial charge on any atom is 0.0630 e. The molecule has 0 saturated carbocycles. The molecule has 0 spiro atoms. The van der Waals surface area contributed by atoms with Gasteiger partial charge in [-0.3, -0.25) is 0 Å². The topological polar surface area (TPSA) is 9.23 Å². The van der Waals surface area contributed by atoms with Crippen LogP contribution in [0.4, 0.5) is 0 Å². The summed E-state index contributed by atoms with van der Waals surface area (Å²) in [6.07, 6.45) is 2.26. The maximum absolute atomic E-state index is 5.69. The first-order chi connectivity index (χ1) is 3.39. The van der Waals surface area contributed by atoms with Crippen LogP contribution in [0.5, 0.6) is 0 Å². The van der Waals surface area contributed by atoms with E-state index in [1.807, 2.05) is 0 Å². The Hall–Kier alpha value is 0.250. The van der Waals surface area contributed by atoms with Gasteiger partial charge in [0.2, 0.25) is 0 Å². The highest BCUT2D eigenvalue weighted by Crippen LogP contribution is 2.10. The summed E-state index contributed by atoms with van der Waals surface area (Å²) < 4.78 is 5.05. The summed E-state index contributed by atoms with van der Waals surface area (Å²) in [4.78, 5) is 0. The fourth-order valence-corrected chi connectivity index (χ4v) is 0.945. The fraction of sp³-hybridized carbons (Fsp3) is 1.00. The highest BCUT2D eigenvalue weighted by Gasteiger charge is 2.08. The van der Waals surface area contributed by atoms with Crippen LogP contribution in [0.15, 0.2) is 0 Å². The molecule has 7 heavy (non-hydrogen) atoms. The van der Waals surface area contributed by atoms with Crippen LogP contribution >= 0.6 is 11.6 Å². The molecule has 0 bridgehead atoms. The van der Waals surface area contributed by atoms with Crippen molar-refractivity contribution in [3.8, 4) is 0 Å². The Morgan fingerprint density at radius 2 is 2.43 bits per heavy atom. The second-order valence-electron chi connectivity index (χ2n) is 1.81. The molecule has 0 amide bonds. The second kappa shape index (κ2) is 2.53. The Kier molecular flexibility index (Phi) is 1.95. The Balaban J connectivity index is 2.12. The molecule has 1 atom stereocenters. The lowest BCUT2D eigenvalue weighted by molar-refractivity contribution is 0.0998. The summed E-state index contributed by atoms with van der Waals surface area (Å²) in [5, 5.41) is 0.286. The van der Waals surface area contributed by atoms with Gasteiger partial charge in [-0.1, -0.05) is 0 Å². The molecule has 0 unspecified atom stereocenters. The van der Waals surface area contributed by atoms with Crippen LogP contribution in [0.25, 0.3) is 0 Å². The average molecular weight is 121 g/mol. The van der Waals surface area contributed by atoms with Crippen LogP contribution in [0, 0.1) is 0 Å². The van der Waals surface area contributed by atoms with Gasteiger partial charge in [0.25, 0.3) is 0 Å². The lowest BCUT2D eigenvalue weighted by Crippen LogP contribution is -2.16. The normalized spacial score (nSPS) is 33.0. The zero-order chi connectivity index (χ0) is 5.11. The number of alkyl halides is 1. The quantitative estimate of drug-likeness (QED) is 0.439. The number of ether oxygens (including phenoxy) is 1. The summed E-state index contributed by atoms with van der Waals surface area (Å²) in [5.74, 6) is 0. The monoisotopic (exact) mass is 120 g/mol. The van der Waals surface area contributed by atoms with Crippen molar-refractivity contribution in [3.63, 3.8) is 0 Å². The molecule has 0 aromatic carbocycles. The minimum absolute atomic E-state index is 0.286. The van der Waals surface area contributed by atoms with Crippen LogP contribution in [-0.2, 0) is 4.74 Å². The minimum Gasteiger partial charge on any atom is -0.380 e. The lowest BCUT2D eigenvalue weighted by atomic mass is 10.2. The largest absolute Gasteiger partial charge is 0.380 e. The van der Waals surface area contributed by atoms with E-state index in [4.69, 9.17) is 16.3 Å². The van der Waals surface area contributed by atoms with Crippen molar-refractivity contribution in [2.75, 3.05) is 13.2 Å². The van der Waals surface area contributed by atoms with Gasteiger partial charge in [0, 0.05) is 6.61 Å². The first-order valence-electron chi connectivity index (χ1n) is 2.61. The molecule has 42 valence electrons. The van der Waals surface area contributed by atoms with Crippen molar-refractivity contribution in [3.05, 3.63) is 0 Å². The van der Waals surface area contributed by atoms with Gasteiger partial charge >= 0.3 is 0 Å². The van der Waals surface area contributed by atoms with Gasteiger partial charge in [-0.15, -0.1) is 11.6 Å². The van der Waals surface area contributed by atoms with E-state index >= 15 is 0 Å². The number of hydrogen-bond donors (Lipinski definition) is 0. The molecule has 1 aliphatic rings. The van der Waals surface area contributed by atoms with E-state index in [-0.39, 0.29) is 5.38 Å². The zero-order valence-corrected chi connectivity index (χ0v) is 4.95. The summed E-state index contributed by atoms with van der Waals surface area (Å²) in [5.41, 5.74) is 0. The Labute approximate surface area is 48.6 Å². The third kappa shape index (κ3) is 1.66. The van der Waals surface area contributed by atoms with Crippen molar-refractivity contribution in [1.82, 2.24) is 0 Å². The van der Waals surface area contributed by atoms with Gasteiger partial charge in [-0.05, 0) is 12.8 Å². The number of rotatable bonds is 0. The van der Waals surface area contributed by atoms with Gasteiger partial charge in [0.1, 0.15) is 0 Å². The van der Waals surface area contributed by atoms with Gasteiger partial charge in [0.05, 0.1) is 12.0 Å². The predicted octanol–water partition coefficient (Wildman–Crippen LogP) is 1.40.